The Bertz CT molecular complexity index is 1410. The summed E-state index contributed by atoms with van der Waals surface area (Å²) in [7, 11) is 2.73. The number of carbonyl (C=O) groups excluding carboxylic acids is 2. The van der Waals surface area contributed by atoms with E-state index >= 15 is 0 Å². The first kappa shape index (κ1) is 28.1. The molecule has 7 N–H and O–H groups in total. The van der Waals surface area contributed by atoms with Crippen LogP contribution in [-0.2, 0) is 15.9 Å². The zero-order valence-electron chi connectivity index (χ0n) is 22.2. The predicted molar refractivity (Wildman–Crippen MR) is 140 cm³/mol. The van der Waals surface area contributed by atoms with Crippen LogP contribution in [0, 0.1) is 0 Å². The summed E-state index contributed by atoms with van der Waals surface area (Å²) in [6.07, 6.45) is -4.32. The number of methoxy groups -OCH3 is 1. The Morgan fingerprint density at radius 3 is 2.50 bits per heavy atom. The number of hydrogen-bond acceptors (Lipinski definition) is 12. The minimum Gasteiger partial charge on any atom is -0.507 e. The van der Waals surface area contributed by atoms with Crippen LogP contribution in [0.2, 0.25) is 0 Å². The first-order valence-corrected chi connectivity index (χ1v) is 12.9. The van der Waals surface area contributed by atoms with Crippen LogP contribution in [0.3, 0.4) is 0 Å². The molecular weight excluding hydrogens is 524 g/mol. The lowest BCUT2D eigenvalue weighted by Gasteiger charge is -2.43. The number of nitrogens with zero attached hydrogens (tertiary/aromatic N) is 1. The molecule has 0 saturated carbocycles. The van der Waals surface area contributed by atoms with Crippen molar-refractivity contribution in [2.75, 3.05) is 20.8 Å². The number of aliphatic imine (C=N–C) groups is 1. The number of aliphatic hydroxyl groups excluding tert-OH is 2. The number of aliphatic hydroxyl groups is 3. The van der Waals surface area contributed by atoms with Crippen LogP contribution >= 0.6 is 0 Å². The summed E-state index contributed by atoms with van der Waals surface area (Å²) in [5.41, 5.74) is 3.29. The van der Waals surface area contributed by atoms with Crippen molar-refractivity contribution in [1.29, 1.82) is 0 Å². The van der Waals surface area contributed by atoms with Crippen molar-refractivity contribution in [2.24, 2.45) is 10.7 Å². The molecule has 40 heavy (non-hydrogen) atoms. The van der Waals surface area contributed by atoms with Gasteiger partial charge in [-0.05, 0) is 13.0 Å². The number of phenols is 2. The lowest BCUT2D eigenvalue weighted by Crippen LogP contribution is -2.53. The lowest BCUT2D eigenvalue weighted by molar-refractivity contribution is -0.245. The molecule has 0 unspecified atom stereocenters. The van der Waals surface area contributed by atoms with E-state index < -0.39 is 77.0 Å². The summed E-state index contributed by atoms with van der Waals surface area (Å²) in [6.45, 7) is 1.01. The van der Waals surface area contributed by atoms with Gasteiger partial charge in [-0.3, -0.25) is 14.6 Å². The topological polar surface area (TPSA) is 201 Å². The Morgan fingerprint density at radius 1 is 1.18 bits per heavy atom. The average Bonchev–Trinajstić information content (AvgIpc) is 2.92. The van der Waals surface area contributed by atoms with Crippen LogP contribution in [0.4, 0.5) is 0 Å². The Kier molecular flexibility index (Phi) is 7.19. The highest BCUT2D eigenvalue weighted by Gasteiger charge is 2.49. The van der Waals surface area contributed by atoms with Crippen LogP contribution in [-0.4, -0.2) is 93.7 Å². The Hall–Kier alpha value is -3.39. The van der Waals surface area contributed by atoms with Gasteiger partial charge in [-0.25, -0.2) is 0 Å². The fraction of sp³-hybridized carbons (Fsp3) is 0.464. The fourth-order valence-corrected chi connectivity index (χ4v) is 6.04. The number of rotatable bonds is 5. The number of fused-ring (bicyclic) bond motifs is 3. The monoisotopic (exact) mass is 556 g/mol. The van der Waals surface area contributed by atoms with Gasteiger partial charge in [0.05, 0.1) is 54.4 Å². The summed E-state index contributed by atoms with van der Waals surface area (Å²) in [6, 6.07) is 3.78. The normalized spacial score (nSPS) is 30.0. The highest BCUT2D eigenvalue weighted by atomic mass is 16.7. The van der Waals surface area contributed by atoms with Crippen LogP contribution in [0.25, 0.3) is 0 Å². The van der Waals surface area contributed by atoms with Crippen molar-refractivity contribution in [2.45, 2.75) is 62.4 Å². The van der Waals surface area contributed by atoms with Gasteiger partial charge in [0.15, 0.2) is 12.1 Å². The SMILES string of the molecule is CN=C(CO)[C@]1(O)Cc2c(O)c3c(c(O)c2[C@@H](O[C@H]2C[C@H](N)[C@H](O)[C@H](C)O2)C1)C(=O)c1c(OC)cccc1C3=O. The largest absolute Gasteiger partial charge is 0.507 e. The molecule has 2 aromatic carbocycles. The smallest absolute Gasteiger partial charge is 0.202 e. The van der Waals surface area contributed by atoms with Gasteiger partial charge in [0.1, 0.15) is 22.8 Å². The number of phenolic OH excluding ortho intramolecular Hbond substituents is 2. The van der Waals surface area contributed by atoms with Gasteiger partial charge in [0.2, 0.25) is 5.78 Å². The van der Waals surface area contributed by atoms with E-state index in [0.717, 1.165) is 0 Å². The summed E-state index contributed by atoms with van der Waals surface area (Å²) in [4.78, 5) is 31.3. The van der Waals surface area contributed by atoms with Gasteiger partial charge < -0.3 is 45.5 Å². The van der Waals surface area contributed by atoms with Crippen molar-refractivity contribution < 1.29 is 49.3 Å². The van der Waals surface area contributed by atoms with E-state index in [-0.39, 0.29) is 53.0 Å². The first-order chi connectivity index (χ1) is 19.0. The highest BCUT2D eigenvalue weighted by molar-refractivity contribution is 6.31. The predicted octanol–water partition coefficient (Wildman–Crippen LogP) is 0.503. The quantitative estimate of drug-likeness (QED) is 0.189. The maximum absolute atomic E-state index is 13.7. The van der Waals surface area contributed by atoms with Gasteiger partial charge >= 0.3 is 0 Å². The molecule has 2 aliphatic carbocycles. The summed E-state index contributed by atoms with van der Waals surface area (Å²) in [5, 5.41) is 54.8. The number of nitrogens with two attached hydrogens (primary N) is 1. The zero-order valence-corrected chi connectivity index (χ0v) is 22.2. The zero-order chi connectivity index (χ0) is 29.1. The van der Waals surface area contributed by atoms with Crippen molar-refractivity contribution in [3.8, 4) is 17.2 Å². The Balaban J connectivity index is 1.70. The molecule has 5 rings (SSSR count). The van der Waals surface area contributed by atoms with Crippen LogP contribution in [0.5, 0.6) is 17.2 Å². The molecule has 12 heteroatoms. The third kappa shape index (κ3) is 4.19. The maximum Gasteiger partial charge on any atom is 0.202 e. The molecule has 0 bridgehead atoms. The Morgan fingerprint density at radius 2 is 1.88 bits per heavy atom. The minimum absolute atomic E-state index is 0.00585. The Labute approximate surface area is 229 Å². The molecule has 1 saturated heterocycles. The third-order valence-electron chi connectivity index (χ3n) is 8.10. The van der Waals surface area contributed by atoms with E-state index in [1.54, 1.807) is 6.92 Å². The van der Waals surface area contributed by atoms with Crippen LogP contribution in [0.15, 0.2) is 23.2 Å². The van der Waals surface area contributed by atoms with E-state index in [1.807, 2.05) is 0 Å². The summed E-state index contributed by atoms with van der Waals surface area (Å²) >= 11 is 0. The van der Waals surface area contributed by atoms with Crippen molar-refractivity contribution in [3.05, 3.63) is 51.6 Å². The molecule has 0 amide bonds. The van der Waals surface area contributed by atoms with Crippen LogP contribution < -0.4 is 10.5 Å². The number of aromatic hydroxyl groups is 2. The summed E-state index contributed by atoms with van der Waals surface area (Å²) in [5.74, 6) is -2.49. The molecule has 12 nitrogen and oxygen atoms in total. The molecule has 6 atom stereocenters. The van der Waals surface area contributed by atoms with E-state index in [4.69, 9.17) is 19.9 Å². The van der Waals surface area contributed by atoms with E-state index in [1.165, 1.54) is 32.4 Å². The van der Waals surface area contributed by atoms with Crippen molar-refractivity contribution in [3.63, 3.8) is 0 Å². The van der Waals surface area contributed by atoms with E-state index in [0.29, 0.717) is 0 Å². The van der Waals surface area contributed by atoms with Gasteiger partial charge in [-0.15, -0.1) is 0 Å². The number of ether oxygens (including phenoxy) is 3. The molecular formula is C28H32N2O10. The molecule has 3 aliphatic rings. The van der Waals surface area contributed by atoms with E-state index in [9.17, 15) is 35.1 Å². The average molecular weight is 557 g/mol. The standard InChI is InChI=1S/C28H32N2O10/c1-11-23(32)14(29)7-18(39-11)40-16-9-28(37,17(10-31)30-2)8-13-20(16)27(36)22-21(25(13)34)24(33)12-5-4-6-15(38-3)19(12)26(22)35/h4-6,11,14,16,18,23,31-32,34,36-37H,7-10,29H2,1-3H3/t11-,14-,16-,18-,23+,28-/m0/s1. The second kappa shape index (κ2) is 10.2. The number of carbonyl (C=O) groups is 2. The molecule has 214 valence electrons. The third-order valence-corrected chi connectivity index (χ3v) is 8.10. The van der Waals surface area contributed by atoms with Gasteiger partial charge in [-0.2, -0.15) is 0 Å². The molecule has 2 aromatic rings. The molecule has 1 heterocycles. The number of ketones is 2. The molecule has 1 aliphatic heterocycles. The fourth-order valence-electron chi connectivity index (χ4n) is 6.04. The maximum atomic E-state index is 13.7. The second-order valence-corrected chi connectivity index (χ2v) is 10.4. The molecule has 0 aromatic heterocycles. The van der Waals surface area contributed by atoms with Gasteiger partial charge in [-0.1, -0.05) is 12.1 Å². The van der Waals surface area contributed by atoms with Crippen LogP contribution in [0.1, 0.15) is 68.8 Å². The molecule has 0 spiro atoms. The highest BCUT2D eigenvalue weighted by Crippen LogP contribution is 2.52. The molecule has 1 fully saturated rings. The summed E-state index contributed by atoms with van der Waals surface area (Å²) < 4.78 is 17.3. The number of hydrogen-bond donors (Lipinski definition) is 6. The second-order valence-electron chi connectivity index (χ2n) is 10.4. The van der Waals surface area contributed by atoms with Crippen molar-refractivity contribution in [1.82, 2.24) is 0 Å². The first-order valence-electron chi connectivity index (χ1n) is 12.9. The van der Waals surface area contributed by atoms with Crippen molar-refractivity contribution >= 4 is 17.3 Å². The number of benzene rings is 2. The van der Waals surface area contributed by atoms with E-state index in [2.05, 4.69) is 4.99 Å². The van der Waals surface area contributed by atoms with Gasteiger partial charge in [0, 0.05) is 49.0 Å². The van der Waals surface area contributed by atoms with Gasteiger partial charge in [0.25, 0.3) is 0 Å². The lowest BCUT2D eigenvalue weighted by atomic mass is 9.71. The molecule has 0 radical (unpaired) electrons. The minimum atomic E-state index is -1.84.